The SMILES string of the molecule is CC(=O)c1cc(F)c(Cl)cc1C=O. The maximum absolute atomic E-state index is 12.9. The molecule has 0 aromatic heterocycles. The molecule has 0 bridgehead atoms. The lowest BCUT2D eigenvalue weighted by molar-refractivity contribution is 0.100. The molecule has 0 saturated carbocycles. The number of hydrogen-bond acceptors (Lipinski definition) is 2. The lowest BCUT2D eigenvalue weighted by atomic mass is 10.1. The number of benzene rings is 1. The van der Waals surface area contributed by atoms with E-state index in [1.54, 1.807) is 0 Å². The highest BCUT2D eigenvalue weighted by Crippen LogP contribution is 2.19. The van der Waals surface area contributed by atoms with E-state index < -0.39 is 5.82 Å². The smallest absolute Gasteiger partial charge is 0.160 e. The fraction of sp³-hybridized carbons (Fsp3) is 0.111. The lowest BCUT2D eigenvalue weighted by Gasteiger charge is -2.01. The average molecular weight is 201 g/mol. The average Bonchev–Trinajstić information content (AvgIpc) is 2.08. The minimum absolute atomic E-state index is 0.0527. The Morgan fingerprint density at radius 3 is 2.62 bits per heavy atom. The van der Waals surface area contributed by atoms with Gasteiger partial charge in [-0.15, -0.1) is 0 Å². The Kier molecular flexibility index (Phi) is 2.78. The first-order chi connectivity index (χ1) is 6.06. The molecule has 0 radical (unpaired) electrons. The van der Waals surface area contributed by atoms with Gasteiger partial charge in [-0.05, 0) is 19.1 Å². The van der Waals surface area contributed by atoms with Crippen LogP contribution in [0.1, 0.15) is 27.6 Å². The van der Waals surface area contributed by atoms with Crippen molar-refractivity contribution in [3.05, 3.63) is 34.1 Å². The fourth-order valence-corrected chi connectivity index (χ4v) is 1.14. The second-order valence-electron chi connectivity index (χ2n) is 2.53. The predicted octanol–water partition coefficient (Wildman–Crippen LogP) is 2.49. The van der Waals surface area contributed by atoms with E-state index in [0.29, 0.717) is 6.29 Å². The summed E-state index contributed by atoms with van der Waals surface area (Å²) in [5.41, 5.74) is 0.163. The molecule has 4 heteroatoms. The van der Waals surface area contributed by atoms with Gasteiger partial charge in [0, 0.05) is 11.1 Å². The zero-order valence-electron chi connectivity index (χ0n) is 6.80. The van der Waals surface area contributed by atoms with Crippen LogP contribution in [-0.4, -0.2) is 12.1 Å². The van der Waals surface area contributed by atoms with E-state index in [-0.39, 0.29) is 21.9 Å². The third kappa shape index (κ3) is 1.92. The summed E-state index contributed by atoms with van der Waals surface area (Å²) in [7, 11) is 0. The Morgan fingerprint density at radius 2 is 2.15 bits per heavy atom. The molecule has 0 fully saturated rings. The second kappa shape index (κ2) is 3.66. The fourth-order valence-electron chi connectivity index (χ4n) is 0.965. The molecule has 0 aliphatic carbocycles. The summed E-state index contributed by atoms with van der Waals surface area (Å²) in [6, 6.07) is 2.11. The van der Waals surface area contributed by atoms with Crippen LogP contribution < -0.4 is 0 Å². The maximum atomic E-state index is 12.9. The highest BCUT2D eigenvalue weighted by Gasteiger charge is 2.10. The number of rotatable bonds is 2. The number of aldehydes is 1. The molecule has 1 aromatic rings. The summed E-state index contributed by atoms with van der Waals surface area (Å²) < 4.78 is 12.9. The summed E-state index contributed by atoms with van der Waals surface area (Å²) in [5, 5.41) is -0.160. The molecule has 0 amide bonds. The standard InChI is InChI=1S/C9H6ClFO2/c1-5(13)7-3-9(11)8(10)2-6(7)4-12/h2-4H,1H3. The van der Waals surface area contributed by atoms with Gasteiger partial charge in [0.05, 0.1) is 5.02 Å². The highest BCUT2D eigenvalue weighted by atomic mass is 35.5. The van der Waals surface area contributed by atoms with Crippen molar-refractivity contribution < 1.29 is 14.0 Å². The van der Waals surface area contributed by atoms with Gasteiger partial charge in [-0.1, -0.05) is 11.6 Å². The summed E-state index contributed by atoms with van der Waals surface area (Å²) in [6.45, 7) is 1.26. The van der Waals surface area contributed by atoms with Crippen LogP contribution in [0, 0.1) is 5.82 Å². The van der Waals surface area contributed by atoms with Crippen molar-refractivity contribution in [3.63, 3.8) is 0 Å². The number of ketones is 1. The van der Waals surface area contributed by atoms with Crippen LogP contribution in [0.3, 0.4) is 0 Å². The first kappa shape index (κ1) is 9.86. The summed E-state index contributed by atoms with van der Waals surface area (Å²) in [5.74, 6) is -1.06. The first-order valence-electron chi connectivity index (χ1n) is 3.51. The number of carbonyl (C=O) groups is 2. The molecule has 0 aliphatic heterocycles. The minimum Gasteiger partial charge on any atom is -0.298 e. The van der Waals surface area contributed by atoms with Gasteiger partial charge in [0.15, 0.2) is 12.1 Å². The molecular weight excluding hydrogens is 195 g/mol. The summed E-state index contributed by atoms with van der Waals surface area (Å²) in [6.07, 6.45) is 0.474. The topological polar surface area (TPSA) is 34.1 Å². The molecule has 0 saturated heterocycles. The van der Waals surface area contributed by atoms with Crippen molar-refractivity contribution in [3.8, 4) is 0 Å². The summed E-state index contributed by atoms with van der Waals surface area (Å²) >= 11 is 5.42. The van der Waals surface area contributed by atoms with Crippen molar-refractivity contribution in [2.75, 3.05) is 0 Å². The van der Waals surface area contributed by atoms with Crippen LogP contribution in [0.2, 0.25) is 5.02 Å². The Balaban J connectivity index is 3.41. The lowest BCUT2D eigenvalue weighted by Crippen LogP contribution is -2.00. The van der Waals surface area contributed by atoms with E-state index in [2.05, 4.69) is 0 Å². The monoisotopic (exact) mass is 200 g/mol. The van der Waals surface area contributed by atoms with Gasteiger partial charge in [-0.25, -0.2) is 4.39 Å². The quantitative estimate of drug-likeness (QED) is 0.543. The van der Waals surface area contributed by atoms with Gasteiger partial charge in [-0.2, -0.15) is 0 Å². The molecule has 1 aromatic carbocycles. The van der Waals surface area contributed by atoms with E-state index in [1.807, 2.05) is 0 Å². The highest BCUT2D eigenvalue weighted by molar-refractivity contribution is 6.31. The molecule has 13 heavy (non-hydrogen) atoms. The largest absolute Gasteiger partial charge is 0.298 e. The van der Waals surface area contributed by atoms with Gasteiger partial charge < -0.3 is 0 Å². The Morgan fingerprint density at radius 1 is 1.54 bits per heavy atom. The molecule has 2 nitrogen and oxygen atoms in total. The Bertz CT molecular complexity index is 374. The van der Waals surface area contributed by atoms with Gasteiger partial charge in [0.2, 0.25) is 0 Å². The second-order valence-corrected chi connectivity index (χ2v) is 2.93. The van der Waals surface area contributed by atoms with Crippen molar-refractivity contribution in [2.45, 2.75) is 6.92 Å². The van der Waals surface area contributed by atoms with E-state index in [4.69, 9.17) is 11.6 Å². The molecule has 1 rings (SSSR count). The van der Waals surface area contributed by atoms with Crippen LogP contribution in [-0.2, 0) is 0 Å². The number of Topliss-reactive ketones (excluding diaryl/α,β-unsaturated/α-hetero) is 1. The van der Waals surface area contributed by atoms with Crippen LogP contribution in [0.15, 0.2) is 12.1 Å². The van der Waals surface area contributed by atoms with Crippen LogP contribution >= 0.6 is 11.6 Å². The van der Waals surface area contributed by atoms with Gasteiger partial charge in [-0.3, -0.25) is 9.59 Å². The molecule has 0 spiro atoms. The Labute approximate surface area is 79.3 Å². The van der Waals surface area contributed by atoms with E-state index in [0.717, 1.165) is 12.1 Å². The predicted molar refractivity (Wildman–Crippen MR) is 46.8 cm³/mol. The van der Waals surface area contributed by atoms with Gasteiger partial charge >= 0.3 is 0 Å². The number of hydrogen-bond donors (Lipinski definition) is 0. The Hall–Kier alpha value is -1.22. The molecule has 0 atom stereocenters. The molecular formula is C9H6ClFO2. The van der Waals surface area contributed by atoms with Crippen molar-refractivity contribution in [1.29, 1.82) is 0 Å². The van der Waals surface area contributed by atoms with Crippen molar-refractivity contribution in [2.24, 2.45) is 0 Å². The van der Waals surface area contributed by atoms with Gasteiger partial charge in [0.25, 0.3) is 0 Å². The molecule has 68 valence electrons. The molecule has 0 N–H and O–H groups in total. The summed E-state index contributed by atoms with van der Waals surface area (Å²) in [4.78, 5) is 21.4. The first-order valence-corrected chi connectivity index (χ1v) is 3.89. The third-order valence-corrected chi connectivity index (χ3v) is 1.89. The van der Waals surface area contributed by atoms with Crippen LogP contribution in [0.5, 0.6) is 0 Å². The normalized spacial score (nSPS) is 9.77. The molecule has 0 aliphatic rings. The van der Waals surface area contributed by atoms with Crippen molar-refractivity contribution in [1.82, 2.24) is 0 Å². The van der Waals surface area contributed by atoms with Gasteiger partial charge in [0.1, 0.15) is 5.82 Å². The van der Waals surface area contributed by atoms with Crippen molar-refractivity contribution >= 4 is 23.7 Å². The minimum atomic E-state index is -0.697. The number of halogens is 2. The molecule has 0 unspecified atom stereocenters. The number of carbonyl (C=O) groups excluding carboxylic acids is 2. The third-order valence-electron chi connectivity index (χ3n) is 1.60. The maximum Gasteiger partial charge on any atom is 0.160 e. The zero-order valence-corrected chi connectivity index (χ0v) is 7.56. The van der Waals surface area contributed by atoms with E-state index >= 15 is 0 Å². The molecule has 0 heterocycles. The van der Waals surface area contributed by atoms with E-state index in [9.17, 15) is 14.0 Å². The van der Waals surface area contributed by atoms with Crippen LogP contribution in [0.25, 0.3) is 0 Å². The van der Waals surface area contributed by atoms with Crippen LogP contribution in [0.4, 0.5) is 4.39 Å². The van der Waals surface area contributed by atoms with E-state index in [1.165, 1.54) is 6.92 Å². The zero-order chi connectivity index (χ0) is 10.0.